The summed E-state index contributed by atoms with van der Waals surface area (Å²) in [7, 11) is 0. The van der Waals surface area contributed by atoms with Gasteiger partial charge in [0.25, 0.3) is 0 Å². The molecule has 2 aliphatic heterocycles. The summed E-state index contributed by atoms with van der Waals surface area (Å²) >= 11 is 0. The van der Waals surface area contributed by atoms with Gasteiger partial charge in [-0.2, -0.15) is 4.99 Å². The summed E-state index contributed by atoms with van der Waals surface area (Å²) in [5.41, 5.74) is 1.93. The Balaban J connectivity index is 1.41. The molecule has 7 nitrogen and oxygen atoms in total. The summed E-state index contributed by atoms with van der Waals surface area (Å²) in [5, 5.41) is 5.51. The van der Waals surface area contributed by atoms with E-state index < -0.39 is 11.9 Å². The van der Waals surface area contributed by atoms with E-state index in [4.69, 9.17) is 0 Å². The zero-order chi connectivity index (χ0) is 17.4. The molecule has 0 bridgehead atoms. The molecule has 1 fully saturated rings. The normalized spacial score (nSPS) is 24.6. The van der Waals surface area contributed by atoms with Crippen LogP contribution in [0.1, 0.15) is 6.42 Å². The second-order valence-corrected chi connectivity index (χ2v) is 6.14. The lowest BCUT2D eigenvalue weighted by atomic mass is 9.99. The van der Waals surface area contributed by atoms with Crippen molar-refractivity contribution in [3.63, 3.8) is 0 Å². The van der Waals surface area contributed by atoms with Crippen molar-refractivity contribution in [2.45, 2.75) is 12.5 Å². The SMILES string of the molecule is O=C1N=C2C=CC(C(=O)NC3CC(=O)N(c4ccccc4)C3)C=C2N1. The Kier molecular flexibility index (Phi) is 3.68. The van der Waals surface area contributed by atoms with Crippen molar-refractivity contribution >= 4 is 29.2 Å². The number of para-hydroxylation sites is 1. The van der Waals surface area contributed by atoms with Crippen molar-refractivity contribution < 1.29 is 14.4 Å². The van der Waals surface area contributed by atoms with Gasteiger partial charge in [-0.15, -0.1) is 0 Å². The molecule has 0 aromatic heterocycles. The van der Waals surface area contributed by atoms with E-state index in [0.29, 0.717) is 18.0 Å². The number of allylic oxidation sites excluding steroid dienone is 1. The number of carbonyl (C=O) groups excluding carboxylic acids is 3. The Bertz CT molecular complexity index is 841. The maximum Gasteiger partial charge on any atom is 0.346 e. The number of carbonyl (C=O) groups is 3. The van der Waals surface area contributed by atoms with Crippen molar-refractivity contribution in [3.8, 4) is 0 Å². The van der Waals surface area contributed by atoms with E-state index >= 15 is 0 Å². The highest BCUT2D eigenvalue weighted by atomic mass is 16.2. The maximum absolute atomic E-state index is 12.5. The number of hydrogen-bond acceptors (Lipinski definition) is 3. The number of urea groups is 1. The first kappa shape index (κ1) is 15.3. The van der Waals surface area contributed by atoms with Crippen LogP contribution in [0, 0.1) is 5.92 Å². The molecule has 3 aliphatic rings. The first-order valence-electron chi connectivity index (χ1n) is 8.06. The molecule has 1 aromatic rings. The van der Waals surface area contributed by atoms with Crippen molar-refractivity contribution in [2.75, 3.05) is 11.4 Å². The minimum atomic E-state index is -0.492. The molecule has 2 atom stereocenters. The van der Waals surface area contributed by atoms with Gasteiger partial charge < -0.3 is 15.5 Å². The van der Waals surface area contributed by atoms with E-state index in [1.54, 1.807) is 23.1 Å². The third kappa shape index (κ3) is 2.96. The molecule has 0 spiro atoms. The molecule has 2 N–H and O–H groups in total. The van der Waals surface area contributed by atoms with E-state index in [-0.39, 0.29) is 24.3 Å². The third-order valence-electron chi connectivity index (χ3n) is 4.39. The molecule has 0 saturated carbocycles. The lowest BCUT2D eigenvalue weighted by molar-refractivity contribution is -0.123. The van der Waals surface area contributed by atoms with E-state index in [2.05, 4.69) is 15.6 Å². The van der Waals surface area contributed by atoms with Crippen LogP contribution in [-0.2, 0) is 9.59 Å². The number of nitrogens with one attached hydrogen (secondary N) is 2. The fraction of sp³-hybridized carbons (Fsp3) is 0.222. The molecular formula is C18H16N4O3. The first-order chi connectivity index (χ1) is 12.1. The summed E-state index contributed by atoms with van der Waals surface area (Å²) in [6.45, 7) is 0.449. The molecule has 4 rings (SSSR count). The average molecular weight is 336 g/mol. The lowest BCUT2D eigenvalue weighted by Gasteiger charge is -2.19. The number of anilines is 1. The van der Waals surface area contributed by atoms with Gasteiger partial charge >= 0.3 is 6.03 Å². The topological polar surface area (TPSA) is 90.9 Å². The number of rotatable bonds is 3. The Labute approximate surface area is 144 Å². The highest BCUT2D eigenvalue weighted by molar-refractivity contribution is 6.19. The second-order valence-electron chi connectivity index (χ2n) is 6.14. The van der Waals surface area contributed by atoms with Crippen LogP contribution in [0.2, 0.25) is 0 Å². The van der Waals surface area contributed by atoms with Crippen molar-refractivity contribution in [2.24, 2.45) is 10.9 Å². The Hall–Kier alpha value is -3.22. The summed E-state index contributed by atoms with van der Waals surface area (Å²) < 4.78 is 0. The molecular weight excluding hydrogens is 320 g/mol. The van der Waals surface area contributed by atoms with Gasteiger partial charge in [0.15, 0.2) is 0 Å². The van der Waals surface area contributed by atoms with Gasteiger partial charge in [-0.1, -0.05) is 24.3 Å². The predicted molar refractivity (Wildman–Crippen MR) is 92.0 cm³/mol. The van der Waals surface area contributed by atoms with Crippen LogP contribution < -0.4 is 15.5 Å². The Morgan fingerprint density at radius 1 is 1.24 bits per heavy atom. The van der Waals surface area contributed by atoms with Crippen LogP contribution in [0.5, 0.6) is 0 Å². The van der Waals surface area contributed by atoms with Gasteiger partial charge in [0.05, 0.1) is 23.4 Å². The predicted octanol–water partition coefficient (Wildman–Crippen LogP) is 1.14. The van der Waals surface area contributed by atoms with Crippen LogP contribution in [0.3, 0.4) is 0 Å². The molecule has 1 aliphatic carbocycles. The minimum absolute atomic E-state index is 0.00785. The van der Waals surface area contributed by atoms with Crippen LogP contribution in [0.25, 0.3) is 0 Å². The number of benzene rings is 1. The van der Waals surface area contributed by atoms with Crippen molar-refractivity contribution in [3.05, 3.63) is 54.3 Å². The molecule has 25 heavy (non-hydrogen) atoms. The lowest BCUT2D eigenvalue weighted by Crippen LogP contribution is -2.40. The quantitative estimate of drug-likeness (QED) is 0.867. The zero-order valence-corrected chi connectivity index (χ0v) is 13.3. The van der Waals surface area contributed by atoms with Crippen LogP contribution >= 0.6 is 0 Å². The standard InChI is InChI=1S/C18H16N4O3/c23-16-9-12(10-22(16)13-4-2-1-3-5-13)19-17(24)11-6-7-14-15(8-11)21-18(25)20-14/h1-8,11-12H,9-10H2,(H,19,24)(H,21,25). The highest BCUT2D eigenvalue weighted by Gasteiger charge is 2.33. The molecule has 2 unspecified atom stereocenters. The number of nitrogens with zero attached hydrogens (tertiary/aromatic N) is 2. The van der Waals surface area contributed by atoms with Gasteiger partial charge in [0.1, 0.15) is 0 Å². The zero-order valence-electron chi connectivity index (χ0n) is 13.3. The van der Waals surface area contributed by atoms with Crippen molar-refractivity contribution in [1.82, 2.24) is 10.6 Å². The van der Waals surface area contributed by atoms with Crippen LogP contribution in [0.15, 0.2) is 59.2 Å². The number of amides is 4. The molecule has 0 radical (unpaired) electrons. The largest absolute Gasteiger partial charge is 0.350 e. The summed E-state index contributed by atoms with van der Waals surface area (Å²) in [6.07, 6.45) is 5.30. The fourth-order valence-electron chi connectivity index (χ4n) is 3.18. The molecule has 1 saturated heterocycles. The van der Waals surface area contributed by atoms with Gasteiger partial charge in [0.2, 0.25) is 11.8 Å². The summed E-state index contributed by atoms with van der Waals surface area (Å²) in [4.78, 5) is 41.4. The van der Waals surface area contributed by atoms with Crippen LogP contribution in [-0.4, -0.2) is 36.1 Å². The van der Waals surface area contributed by atoms with E-state index in [1.165, 1.54) is 0 Å². The third-order valence-corrected chi connectivity index (χ3v) is 4.39. The van der Waals surface area contributed by atoms with E-state index in [9.17, 15) is 14.4 Å². The van der Waals surface area contributed by atoms with Gasteiger partial charge in [-0.3, -0.25) is 9.59 Å². The number of hydrogen-bond donors (Lipinski definition) is 2. The van der Waals surface area contributed by atoms with Gasteiger partial charge in [-0.25, -0.2) is 4.79 Å². The summed E-state index contributed by atoms with van der Waals surface area (Å²) in [5.74, 6) is -0.698. The minimum Gasteiger partial charge on any atom is -0.350 e. The van der Waals surface area contributed by atoms with Gasteiger partial charge in [0, 0.05) is 18.7 Å². The Morgan fingerprint density at radius 2 is 2.04 bits per heavy atom. The van der Waals surface area contributed by atoms with Crippen LogP contribution in [0.4, 0.5) is 10.5 Å². The van der Waals surface area contributed by atoms with E-state index in [0.717, 1.165) is 5.69 Å². The number of aliphatic imine (C=N–C) groups is 1. The molecule has 1 aromatic carbocycles. The molecule has 2 heterocycles. The number of fused-ring (bicyclic) bond motifs is 1. The summed E-state index contributed by atoms with van der Waals surface area (Å²) in [6, 6.07) is 8.74. The average Bonchev–Trinajstić information content (AvgIpc) is 3.16. The van der Waals surface area contributed by atoms with Crippen molar-refractivity contribution in [1.29, 1.82) is 0 Å². The smallest absolute Gasteiger partial charge is 0.346 e. The highest BCUT2D eigenvalue weighted by Crippen LogP contribution is 2.22. The first-order valence-corrected chi connectivity index (χ1v) is 8.06. The molecule has 7 heteroatoms. The molecule has 126 valence electrons. The second kappa shape index (κ2) is 6.01. The molecule has 4 amide bonds. The monoisotopic (exact) mass is 336 g/mol. The van der Waals surface area contributed by atoms with Gasteiger partial charge in [-0.05, 0) is 24.3 Å². The fourth-order valence-corrected chi connectivity index (χ4v) is 3.18. The maximum atomic E-state index is 12.5. The van der Waals surface area contributed by atoms with E-state index in [1.807, 2.05) is 30.3 Å². The Morgan fingerprint density at radius 3 is 2.84 bits per heavy atom.